The van der Waals surface area contributed by atoms with E-state index in [9.17, 15) is 9.18 Å². The number of carbonyl (C=O) groups excluding carboxylic acids is 1. The van der Waals surface area contributed by atoms with Crippen LogP contribution in [0.4, 0.5) is 4.39 Å². The normalized spacial score (nSPS) is 19.4. The van der Waals surface area contributed by atoms with Gasteiger partial charge in [0.25, 0.3) is 0 Å². The van der Waals surface area contributed by atoms with Crippen molar-refractivity contribution < 1.29 is 13.9 Å². The topological polar surface area (TPSA) is 55.3 Å². The third-order valence-electron chi connectivity index (χ3n) is 4.05. The molecule has 1 aliphatic heterocycles. The number of morpholine rings is 1. The van der Waals surface area contributed by atoms with Gasteiger partial charge in [0.15, 0.2) is 0 Å². The maximum absolute atomic E-state index is 13.4. The standard InChI is InChI=1S/C17H18FN3O2/c1-12(14-8-19-11-20-9-14)17(22)21-5-6-23-16(10-21)13-3-2-4-15(18)7-13/h2-4,7-9,11-12,16H,5-6,10H2,1H3/t12-,16+/m0/s1. The molecule has 120 valence electrons. The molecule has 0 aliphatic carbocycles. The van der Waals surface area contributed by atoms with Gasteiger partial charge in [0.1, 0.15) is 18.2 Å². The number of amides is 1. The predicted octanol–water partition coefficient (Wildman–Crippen LogP) is 2.32. The number of carbonyl (C=O) groups is 1. The van der Waals surface area contributed by atoms with Gasteiger partial charge in [-0.2, -0.15) is 0 Å². The quantitative estimate of drug-likeness (QED) is 0.872. The van der Waals surface area contributed by atoms with Gasteiger partial charge in [-0.3, -0.25) is 4.79 Å². The largest absolute Gasteiger partial charge is 0.370 e. The fourth-order valence-electron chi connectivity index (χ4n) is 2.71. The summed E-state index contributed by atoms with van der Waals surface area (Å²) in [5.74, 6) is -0.615. The van der Waals surface area contributed by atoms with Crippen molar-refractivity contribution in [2.24, 2.45) is 0 Å². The Kier molecular flexibility index (Phi) is 4.62. The first kappa shape index (κ1) is 15.6. The SMILES string of the molecule is C[C@H](C(=O)N1CCO[C@@H](c2cccc(F)c2)C1)c1cncnc1. The molecule has 2 aromatic rings. The molecule has 2 heterocycles. The maximum atomic E-state index is 13.4. The van der Waals surface area contributed by atoms with Crippen molar-refractivity contribution in [2.75, 3.05) is 19.7 Å². The van der Waals surface area contributed by atoms with E-state index < -0.39 is 0 Å². The Bertz CT molecular complexity index is 681. The first-order valence-electron chi connectivity index (χ1n) is 7.56. The fraction of sp³-hybridized carbons (Fsp3) is 0.353. The fourth-order valence-corrected chi connectivity index (χ4v) is 2.71. The first-order valence-corrected chi connectivity index (χ1v) is 7.56. The lowest BCUT2D eigenvalue weighted by Crippen LogP contribution is -2.44. The third kappa shape index (κ3) is 3.53. The van der Waals surface area contributed by atoms with Crippen molar-refractivity contribution in [3.05, 3.63) is 59.9 Å². The minimum absolute atomic E-state index is 0.00417. The van der Waals surface area contributed by atoms with E-state index in [1.54, 1.807) is 23.4 Å². The molecular formula is C17H18FN3O2. The molecule has 1 amide bonds. The molecule has 2 atom stereocenters. The smallest absolute Gasteiger partial charge is 0.230 e. The average Bonchev–Trinajstić information content (AvgIpc) is 2.61. The van der Waals surface area contributed by atoms with Crippen molar-refractivity contribution in [3.8, 4) is 0 Å². The van der Waals surface area contributed by atoms with Crippen LogP contribution in [-0.2, 0) is 9.53 Å². The lowest BCUT2D eigenvalue weighted by molar-refractivity contribution is -0.140. The van der Waals surface area contributed by atoms with Crippen LogP contribution in [0.25, 0.3) is 0 Å². The van der Waals surface area contributed by atoms with Gasteiger partial charge in [-0.25, -0.2) is 14.4 Å². The Labute approximate surface area is 134 Å². The molecule has 1 fully saturated rings. The van der Waals surface area contributed by atoms with E-state index in [-0.39, 0.29) is 23.7 Å². The first-order chi connectivity index (χ1) is 11.1. The molecule has 0 saturated carbocycles. The Morgan fingerprint density at radius 2 is 2.17 bits per heavy atom. The molecule has 3 rings (SSSR count). The van der Waals surface area contributed by atoms with Crippen LogP contribution < -0.4 is 0 Å². The Morgan fingerprint density at radius 3 is 2.91 bits per heavy atom. The van der Waals surface area contributed by atoms with Gasteiger partial charge >= 0.3 is 0 Å². The van der Waals surface area contributed by atoms with Crippen molar-refractivity contribution in [1.82, 2.24) is 14.9 Å². The molecule has 0 bridgehead atoms. The van der Waals surface area contributed by atoms with E-state index >= 15 is 0 Å². The summed E-state index contributed by atoms with van der Waals surface area (Å²) in [5, 5.41) is 0. The number of ether oxygens (including phenoxy) is 1. The minimum atomic E-state index is -0.317. The van der Waals surface area contributed by atoms with Crippen molar-refractivity contribution in [2.45, 2.75) is 18.9 Å². The molecular weight excluding hydrogens is 297 g/mol. The second kappa shape index (κ2) is 6.83. The van der Waals surface area contributed by atoms with Crippen LogP contribution in [-0.4, -0.2) is 40.5 Å². The highest BCUT2D eigenvalue weighted by Gasteiger charge is 2.29. The van der Waals surface area contributed by atoms with Crippen LogP contribution in [0.2, 0.25) is 0 Å². The highest BCUT2D eigenvalue weighted by molar-refractivity contribution is 5.83. The monoisotopic (exact) mass is 315 g/mol. The van der Waals surface area contributed by atoms with Crippen molar-refractivity contribution in [3.63, 3.8) is 0 Å². The highest BCUT2D eigenvalue weighted by Crippen LogP contribution is 2.25. The lowest BCUT2D eigenvalue weighted by atomic mass is 10.0. The van der Waals surface area contributed by atoms with Crippen LogP contribution in [0.3, 0.4) is 0 Å². The van der Waals surface area contributed by atoms with E-state index in [4.69, 9.17) is 4.74 Å². The number of halogens is 1. The molecule has 0 unspecified atom stereocenters. The van der Waals surface area contributed by atoms with Crippen LogP contribution in [0.5, 0.6) is 0 Å². The number of rotatable bonds is 3. The number of hydrogen-bond acceptors (Lipinski definition) is 4. The third-order valence-corrected chi connectivity index (χ3v) is 4.05. The molecule has 1 aliphatic rings. The summed E-state index contributed by atoms with van der Waals surface area (Å²) in [4.78, 5) is 22.4. The van der Waals surface area contributed by atoms with Crippen molar-refractivity contribution >= 4 is 5.91 Å². The average molecular weight is 315 g/mol. The molecule has 1 aromatic carbocycles. The Balaban J connectivity index is 1.72. The van der Waals surface area contributed by atoms with Gasteiger partial charge in [-0.05, 0) is 24.6 Å². The number of nitrogens with zero attached hydrogens (tertiary/aromatic N) is 3. The summed E-state index contributed by atoms with van der Waals surface area (Å²) in [6, 6.07) is 6.31. The van der Waals surface area contributed by atoms with Gasteiger partial charge in [0, 0.05) is 24.5 Å². The molecule has 6 heteroatoms. The summed E-state index contributed by atoms with van der Waals surface area (Å²) in [5.41, 5.74) is 1.53. The van der Waals surface area contributed by atoms with Crippen LogP contribution in [0.1, 0.15) is 30.1 Å². The molecule has 23 heavy (non-hydrogen) atoms. The van der Waals surface area contributed by atoms with Crippen LogP contribution in [0, 0.1) is 5.82 Å². The summed E-state index contributed by atoms with van der Waals surface area (Å²) < 4.78 is 19.1. The predicted molar refractivity (Wildman–Crippen MR) is 82.1 cm³/mol. The Morgan fingerprint density at radius 1 is 1.39 bits per heavy atom. The van der Waals surface area contributed by atoms with Gasteiger partial charge in [-0.1, -0.05) is 12.1 Å². The van der Waals surface area contributed by atoms with E-state index in [2.05, 4.69) is 9.97 Å². The summed E-state index contributed by atoms with van der Waals surface area (Å²) >= 11 is 0. The molecule has 1 saturated heterocycles. The highest BCUT2D eigenvalue weighted by atomic mass is 19.1. The van der Waals surface area contributed by atoms with Gasteiger partial charge in [0.05, 0.1) is 19.1 Å². The lowest BCUT2D eigenvalue weighted by Gasteiger charge is -2.34. The van der Waals surface area contributed by atoms with Crippen molar-refractivity contribution in [1.29, 1.82) is 0 Å². The Hall–Kier alpha value is -2.34. The summed E-state index contributed by atoms with van der Waals surface area (Å²) in [6.45, 7) is 3.22. The number of benzene rings is 1. The molecule has 0 N–H and O–H groups in total. The van der Waals surface area contributed by atoms with Crippen LogP contribution >= 0.6 is 0 Å². The maximum Gasteiger partial charge on any atom is 0.230 e. The van der Waals surface area contributed by atoms with E-state index in [0.717, 1.165) is 11.1 Å². The molecule has 0 spiro atoms. The second-order valence-electron chi connectivity index (χ2n) is 5.59. The van der Waals surface area contributed by atoms with Gasteiger partial charge in [-0.15, -0.1) is 0 Å². The van der Waals surface area contributed by atoms with Gasteiger partial charge in [0.2, 0.25) is 5.91 Å². The van der Waals surface area contributed by atoms with E-state index in [1.165, 1.54) is 18.5 Å². The molecule has 1 aromatic heterocycles. The number of aromatic nitrogens is 2. The molecule has 5 nitrogen and oxygen atoms in total. The minimum Gasteiger partial charge on any atom is -0.370 e. The zero-order chi connectivity index (χ0) is 16.2. The van der Waals surface area contributed by atoms with Crippen LogP contribution in [0.15, 0.2) is 43.0 Å². The zero-order valence-electron chi connectivity index (χ0n) is 12.9. The summed E-state index contributed by atoms with van der Waals surface area (Å²) in [6.07, 6.45) is 4.44. The number of hydrogen-bond donors (Lipinski definition) is 0. The zero-order valence-corrected chi connectivity index (χ0v) is 12.9. The van der Waals surface area contributed by atoms with E-state index in [0.29, 0.717) is 19.7 Å². The van der Waals surface area contributed by atoms with Gasteiger partial charge < -0.3 is 9.64 Å². The summed E-state index contributed by atoms with van der Waals surface area (Å²) in [7, 11) is 0. The second-order valence-corrected chi connectivity index (χ2v) is 5.59. The van der Waals surface area contributed by atoms with E-state index in [1.807, 2.05) is 13.0 Å². The molecule has 0 radical (unpaired) electrons.